The number of carbonyl (C=O) groups excluding carboxylic acids is 1. The summed E-state index contributed by atoms with van der Waals surface area (Å²) in [5.41, 5.74) is -0.0460. The molecule has 4 rings (SSSR count). The molecule has 0 aliphatic carbocycles. The van der Waals surface area contributed by atoms with Gasteiger partial charge < -0.3 is 19.1 Å². The number of halogens is 3. The minimum absolute atomic E-state index is 0.225. The average Bonchev–Trinajstić information content (AvgIpc) is 2.96. The zero-order valence-corrected chi connectivity index (χ0v) is 24.4. The quantitative estimate of drug-likeness (QED) is 0.354. The van der Waals surface area contributed by atoms with Crippen molar-refractivity contribution in [2.45, 2.75) is 45.8 Å². The van der Waals surface area contributed by atoms with Gasteiger partial charge in [-0.25, -0.2) is 0 Å². The maximum Gasteiger partial charge on any atom is 0.422 e. The van der Waals surface area contributed by atoms with Crippen molar-refractivity contribution in [3.63, 3.8) is 0 Å². The van der Waals surface area contributed by atoms with Crippen molar-refractivity contribution in [3.8, 4) is 22.9 Å². The van der Waals surface area contributed by atoms with Crippen molar-refractivity contribution in [3.05, 3.63) is 80.5 Å². The highest BCUT2D eigenvalue weighted by Gasteiger charge is 2.39. The lowest BCUT2D eigenvalue weighted by molar-refractivity contribution is -0.138. The van der Waals surface area contributed by atoms with Gasteiger partial charge in [-0.2, -0.15) is 18.4 Å². The van der Waals surface area contributed by atoms with Crippen LogP contribution in [0.2, 0.25) is 0 Å². The summed E-state index contributed by atoms with van der Waals surface area (Å²) in [5.74, 6) is 0.0360. The van der Waals surface area contributed by atoms with Crippen LogP contribution in [0.15, 0.2) is 41.5 Å². The number of likely N-dealkylation sites (N-methyl/N-ethyl adjacent to an activating group) is 1. The van der Waals surface area contributed by atoms with Gasteiger partial charge in [0.05, 0.1) is 18.3 Å². The van der Waals surface area contributed by atoms with E-state index in [9.17, 15) is 28.0 Å². The van der Waals surface area contributed by atoms with E-state index in [1.54, 1.807) is 30.0 Å². The Morgan fingerprint density at radius 2 is 1.88 bits per heavy atom. The molecule has 0 fully saturated rings. The monoisotopic (exact) mass is 581 g/mol. The molecule has 0 N–H and O–H groups in total. The number of amides is 1. The fourth-order valence-electron chi connectivity index (χ4n) is 5.24. The molecule has 3 heterocycles. The number of hydrogen-bond acceptors (Lipinski definition) is 6. The molecule has 3 aromatic rings. The van der Waals surface area contributed by atoms with Gasteiger partial charge in [0.15, 0.2) is 0 Å². The van der Waals surface area contributed by atoms with Crippen molar-refractivity contribution in [1.82, 2.24) is 19.4 Å². The highest BCUT2D eigenvalue weighted by molar-refractivity contribution is 5.99. The van der Waals surface area contributed by atoms with Crippen LogP contribution in [0.3, 0.4) is 0 Å². The third kappa shape index (κ3) is 6.04. The second kappa shape index (κ2) is 12.4. The van der Waals surface area contributed by atoms with E-state index in [4.69, 9.17) is 4.74 Å². The number of alkyl halides is 3. The van der Waals surface area contributed by atoms with Gasteiger partial charge in [-0.1, -0.05) is 13.0 Å². The van der Waals surface area contributed by atoms with Crippen LogP contribution in [0.5, 0.6) is 5.75 Å². The van der Waals surface area contributed by atoms with Crippen LogP contribution in [0.1, 0.15) is 65.1 Å². The minimum atomic E-state index is -4.88. The fraction of sp³-hybridized carbons (Fsp3) is 0.419. The number of aryl methyl sites for hydroxylation is 1. The van der Waals surface area contributed by atoms with Gasteiger partial charge in [0, 0.05) is 49.7 Å². The van der Waals surface area contributed by atoms with Crippen LogP contribution < -0.4 is 10.3 Å². The smallest absolute Gasteiger partial charge is 0.422 e. The van der Waals surface area contributed by atoms with E-state index in [-0.39, 0.29) is 35.6 Å². The van der Waals surface area contributed by atoms with E-state index in [1.807, 2.05) is 27.0 Å². The summed E-state index contributed by atoms with van der Waals surface area (Å²) < 4.78 is 49.2. The van der Waals surface area contributed by atoms with Gasteiger partial charge in [-0.15, -0.1) is 0 Å². The second-order valence-corrected chi connectivity index (χ2v) is 10.4. The molecule has 1 aliphatic heterocycles. The molecule has 0 unspecified atom stereocenters. The number of hydrogen-bond donors (Lipinski definition) is 0. The van der Waals surface area contributed by atoms with Crippen molar-refractivity contribution >= 4 is 5.91 Å². The largest absolute Gasteiger partial charge is 0.492 e. The number of benzene rings is 1. The normalized spacial score (nSPS) is 14.1. The Hall–Kier alpha value is -4.17. The van der Waals surface area contributed by atoms with E-state index in [0.717, 1.165) is 11.1 Å². The van der Waals surface area contributed by atoms with Gasteiger partial charge in [0.2, 0.25) is 0 Å². The molecule has 1 aliphatic rings. The minimum Gasteiger partial charge on any atom is -0.492 e. The van der Waals surface area contributed by atoms with Crippen LogP contribution in [0, 0.1) is 11.3 Å². The SMILES string of the molecule is CCOc1cc([C@H](C)N2CCc3c(cc(CCN(C)CC)cc3-c3ccn(C)c(=O)c3C(F)(F)F)C2=O)ncc1C#N. The number of rotatable bonds is 9. The Balaban J connectivity index is 1.84. The maximum absolute atomic E-state index is 14.2. The first-order valence-corrected chi connectivity index (χ1v) is 13.9. The van der Waals surface area contributed by atoms with Gasteiger partial charge in [0.1, 0.15) is 22.9 Å². The molecule has 8 nitrogen and oxygen atoms in total. The summed E-state index contributed by atoms with van der Waals surface area (Å²) in [6, 6.07) is 7.95. The molecule has 42 heavy (non-hydrogen) atoms. The Kier molecular flexibility index (Phi) is 9.06. The summed E-state index contributed by atoms with van der Waals surface area (Å²) in [4.78, 5) is 34.8. The second-order valence-electron chi connectivity index (χ2n) is 10.4. The van der Waals surface area contributed by atoms with Gasteiger partial charge in [-0.05, 0) is 69.1 Å². The van der Waals surface area contributed by atoms with Crippen molar-refractivity contribution < 1.29 is 22.7 Å². The van der Waals surface area contributed by atoms with E-state index >= 15 is 0 Å². The third-order valence-corrected chi connectivity index (χ3v) is 7.77. The summed E-state index contributed by atoms with van der Waals surface area (Å²) >= 11 is 0. The predicted octanol–water partition coefficient (Wildman–Crippen LogP) is 4.99. The number of fused-ring (bicyclic) bond motifs is 1. The van der Waals surface area contributed by atoms with Crippen LogP contribution in [-0.4, -0.2) is 58.5 Å². The van der Waals surface area contributed by atoms with E-state index in [1.165, 1.54) is 25.5 Å². The molecule has 222 valence electrons. The first-order valence-electron chi connectivity index (χ1n) is 13.9. The Bertz CT molecular complexity index is 1590. The van der Waals surface area contributed by atoms with Gasteiger partial charge in [-0.3, -0.25) is 14.6 Å². The summed E-state index contributed by atoms with van der Waals surface area (Å²) in [6.45, 7) is 7.63. The van der Waals surface area contributed by atoms with Gasteiger partial charge >= 0.3 is 6.18 Å². The number of carbonyl (C=O) groups is 1. The molecule has 0 saturated carbocycles. The molecule has 0 radical (unpaired) electrons. The maximum atomic E-state index is 14.2. The lowest BCUT2D eigenvalue weighted by Gasteiger charge is -2.35. The average molecular weight is 582 g/mol. The number of pyridine rings is 2. The third-order valence-electron chi connectivity index (χ3n) is 7.77. The van der Waals surface area contributed by atoms with Crippen LogP contribution in [0.25, 0.3) is 11.1 Å². The van der Waals surface area contributed by atoms with Crippen molar-refractivity contribution in [1.29, 1.82) is 5.26 Å². The number of nitrogens with zero attached hydrogens (tertiary/aromatic N) is 5. The molecule has 11 heteroatoms. The fourth-order valence-corrected chi connectivity index (χ4v) is 5.24. The van der Waals surface area contributed by atoms with Crippen molar-refractivity contribution in [2.75, 3.05) is 33.3 Å². The molecule has 0 saturated heterocycles. The number of nitriles is 1. The first kappa shape index (κ1) is 30.8. The van der Waals surface area contributed by atoms with E-state index in [2.05, 4.69) is 9.88 Å². The first-order chi connectivity index (χ1) is 19.9. The molecule has 1 aromatic carbocycles. The van der Waals surface area contributed by atoms with E-state index < -0.39 is 23.3 Å². The zero-order chi connectivity index (χ0) is 30.8. The molecule has 1 atom stereocenters. The molecular formula is C31H34F3N5O3. The highest BCUT2D eigenvalue weighted by atomic mass is 19.4. The molecule has 0 bridgehead atoms. The van der Waals surface area contributed by atoms with Crippen LogP contribution >= 0.6 is 0 Å². The molecular weight excluding hydrogens is 547 g/mol. The van der Waals surface area contributed by atoms with Crippen LogP contribution in [-0.2, 0) is 26.1 Å². The molecule has 1 amide bonds. The zero-order valence-electron chi connectivity index (χ0n) is 24.4. The number of aromatic nitrogens is 2. The summed E-state index contributed by atoms with van der Waals surface area (Å²) in [6.07, 6.45) is -1.35. The Labute approximate surface area is 243 Å². The number of ether oxygens (including phenoxy) is 1. The summed E-state index contributed by atoms with van der Waals surface area (Å²) in [7, 11) is 3.22. The Morgan fingerprint density at radius 1 is 1.17 bits per heavy atom. The summed E-state index contributed by atoms with van der Waals surface area (Å²) in [5, 5.41) is 9.39. The topological polar surface area (TPSA) is 91.5 Å². The lowest BCUT2D eigenvalue weighted by atomic mass is 9.86. The van der Waals surface area contributed by atoms with Gasteiger partial charge in [0.25, 0.3) is 11.5 Å². The van der Waals surface area contributed by atoms with E-state index in [0.29, 0.717) is 47.7 Å². The lowest BCUT2D eigenvalue weighted by Crippen LogP contribution is -2.40. The molecule has 0 spiro atoms. The highest BCUT2D eigenvalue weighted by Crippen LogP contribution is 2.40. The predicted molar refractivity (Wildman–Crippen MR) is 152 cm³/mol. The van der Waals surface area contributed by atoms with Crippen LogP contribution in [0.4, 0.5) is 13.2 Å². The molecule has 2 aromatic heterocycles. The van der Waals surface area contributed by atoms with Crippen molar-refractivity contribution in [2.24, 2.45) is 7.05 Å². The Morgan fingerprint density at radius 3 is 2.52 bits per heavy atom. The standard InChI is InChI=1S/C31H34F3N5O3/c1-6-37(4)11-8-20-14-24(23-9-12-38(5)30(41)28(23)31(32,33)34)22-10-13-39(29(40)25(22)15-20)19(3)26-16-27(42-7-2)21(17-35)18-36-26/h9,12,14-16,18-19H,6-8,10-11,13H2,1-5H3/t19-/m0/s1.